The Labute approximate surface area is 187 Å². The molecule has 166 valence electrons. The van der Waals surface area contributed by atoms with Gasteiger partial charge in [-0.25, -0.2) is 4.98 Å². The molecule has 2 saturated heterocycles. The van der Waals surface area contributed by atoms with Gasteiger partial charge in [0.25, 0.3) is 5.56 Å². The fourth-order valence-electron chi connectivity index (χ4n) is 4.53. The largest absolute Gasteiger partial charge is 0.391 e. The standard InChI is InChI=1S/C24H28N6O2/c1-28-23(32)14-21(18-6-9-25-10-7-18)27-24(28)30-13-11-26-22(16-30)17-2-4-19(5-3-17)29-12-8-20(31)15-29/h2-7,9-10,14,20,22,26,31H,8,11-13,15-16H2,1H3/t20?,22-/m1/s1. The van der Waals surface area contributed by atoms with Gasteiger partial charge < -0.3 is 20.2 Å². The maximum atomic E-state index is 12.7. The van der Waals surface area contributed by atoms with Gasteiger partial charge in [-0.2, -0.15) is 0 Å². The quantitative estimate of drug-likeness (QED) is 0.647. The molecular formula is C24H28N6O2. The first-order valence-corrected chi connectivity index (χ1v) is 11.1. The predicted octanol–water partition coefficient (Wildman–Crippen LogP) is 1.56. The summed E-state index contributed by atoms with van der Waals surface area (Å²) in [6, 6.07) is 14.0. The van der Waals surface area contributed by atoms with Gasteiger partial charge in [-0.1, -0.05) is 12.1 Å². The molecule has 0 spiro atoms. The molecule has 0 saturated carbocycles. The average Bonchev–Trinajstić information content (AvgIpc) is 3.28. The number of pyridine rings is 1. The number of β-amino-alcohol motifs (C(OH)–C–C–N with tert-alkyl or cyclic N) is 1. The van der Waals surface area contributed by atoms with Crippen molar-refractivity contribution in [1.29, 1.82) is 0 Å². The first-order chi connectivity index (χ1) is 15.6. The zero-order valence-corrected chi connectivity index (χ0v) is 18.2. The van der Waals surface area contributed by atoms with E-state index in [-0.39, 0.29) is 17.7 Å². The fourth-order valence-corrected chi connectivity index (χ4v) is 4.53. The molecule has 0 amide bonds. The lowest BCUT2D eigenvalue weighted by molar-refractivity contribution is 0.198. The van der Waals surface area contributed by atoms with Crippen molar-refractivity contribution in [2.45, 2.75) is 18.6 Å². The molecule has 2 aromatic heterocycles. The summed E-state index contributed by atoms with van der Waals surface area (Å²) in [7, 11) is 1.78. The van der Waals surface area contributed by atoms with Crippen molar-refractivity contribution < 1.29 is 5.11 Å². The number of piperazine rings is 1. The Morgan fingerprint density at radius 1 is 1.03 bits per heavy atom. The normalized spacial score (nSPS) is 21.2. The zero-order valence-electron chi connectivity index (χ0n) is 18.2. The monoisotopic (exact) mass is 432 g/mol. The van der Waals surface area contributed by atoms with E-state index in [1.165, 1.54) is 5.56 Å². The van der Waals surface area contributed by atoms with Crippen LogP contribution in [0.2, 0.25) is 0 Å². The molecule has 2 fully saturated rings. The van der Waals surface area contributed by atoms with Gasteiger partial charge in [0.15, 0.2) is 0 Å². The van der Waals surface area contributed by atoms with Crippen LogP contribution in [0.25, 0.3) is 11.3 Å². The van der Waals surface area contributed by atoms with Crippen molar-refractivity contribution in [3.8, 4) is 11.3 Å². The van der Waals surface area contributed by atoms with Crippen LogP contribution in [0, 0.1) is 0 Å². The van der Waals surface area contributed by atoms with Crippen LogP contribution in [0.3, 0.4) is 0 Å². The highest BCUT2D eigenvalue weighted by molar-refractivity contribution is 5.59. The molecule has 1 unspecified atom stereocenters. The summed E-state index contributed by atoms with van der Waals surface area (Å²) in [4.78, 5) is 25.9. The Hall–Kier alpha value is -3.23. The average molecular weight is 433 g/mol. The molecule has 32 heavy (non-hydrogen) atoms. The Morgan fingerprint density at radius 3 is 2.53 bits per heavy atom. The molecule has 5 rings (SSSR count). The van der Waals surface area contributed by atoms with Crippen LogP contribution in [-0.4, -0.2) is 58.5 Å². The number of nitrogens with zero attached hydrogens (tertiary/aromatic N) is 5. The summed E-state index contributed by atoms with van der Waals surface area (Å²) in [6.07, 6.45) is 4.01. The van der Waals surface area contributed by atoms with Gasteiger partial charge in [-0.15, -0.1) is 0 Å². The highest BCUT2D eigenvalue weighted by Gasteiger charge is 2.25. The minimum atomic E-state index is -0.231. The van der Waals surface area contributed by atoms with Crippen LogP contribution in [0.15, 0.2) is 59.7 Å². The van der Waals surface area contributed by atoms with E-state index in [1.54, 1.807) is 30.1 Å². The van der Waals surface area contributed by atoms with E-state index in [9.17, 15) is 9.90 Å². The Balaban J connectivity index is 1.37. The lowest BCUT2D eigenvalue weighted by Gasteiger charge is -2.35. The van der Waals surface area contributed by atoms with Crippen molar-refractivity contribution >= 4 is 11.6 Å². The number of nitrogens with one attached hydrogen (secondary N) is 1. The Morgan fingerprint density at radius 2 is 1.81 bits per heavy atom. The Kier molecular flexibility index (Phi) is 5.63. The van der Waals surface area contributed by atoms with E-state index in [0.29, 0.717) is 18.2 Å². The number of aliphatic hydroxyl groups excluding tert-OH is 1. The molecule has 4 heterocycles. The summed E-state index contributed by atoms with van der Waals surface area (Å²) in [6.45, 7) is 3.90. The van der Waals surface area contributed by atoms with Crippen molar-refractivity contribution in [2.75, 3.05) is 42.5 Å². The van der Waals surface area contributed by atoms with Gasteiger partial charge in [0.05, 0.1) is 11.8 Å². The highest BCUT2D eigenvalue weighted by Crippen LogP contribution is 2.26. The smallest absolute Gasteiger partial charge is 0.255 e. The fraction of sp³-hybridized carbons (Fsp3) is 0.375. The number of aromatic nitrogens is 3. The molecule has 2 aliphatic rings. The number of anilines is 2. The molecule has 2 aliphatic heterocycles. The van der Waals surface area contributed by atoms with E-state index < -0.39 is 0 Å². The summed E-state index contributed by atoms with van der Waals surface area (Å²) in [5, 5.41) is 13.4. The van der Waals surface area contributed by atoms with Crippen molar-refractivity contribution in [3.05, 3.63) is 70.8 Å². The minimum absolute atomic E-state index is 0.0750. The summed E-state index contributed by atoms with van der Waals surface area (Å²) >= 11 is 0. The first-order valence-electron chi connectivity index (χ1n) is 11.1. The first kappa shape index (κ1) is 20.7. The van der Waals surface area contributed by atoms with Crippen LogP contribution >= 0.6 is 0 Å². The summed E-state index contributed by atoms with van der Waals surface area (Å²) in [5.41, 5.74) is 3.82. The van der Waals surface area contributed by atoms with Gasteiger partial charge in [-0.05, 0) is 36.2 Å². The highest BCUT2D eigenvalue weighted by atomic mass is 16.3. The second kappa shape index (κ2) is 8.72. The molecule has 1 aromatic carbocycles. The molecule has 2 atom stereocenters. The van der Waals surface area contributed by atoms with Crippen LogP contribution in [-0.2, 0) is 7.05 Å². The molecule has 8 heteroatoms. The van der Waals surface area contributed by atoms with Gasteiger partial charge >= 0.3 is 0 Å². The predicted molar refractivity (Wildman–Crippen MR) is 125 cm³/mol. The van der Waals surface area contributed by atoms with Gasteiger partial charge in [-0.3, -0.25) is 14.3 Å². The van der Waals surface area contributed by atoms with Crippen LogP contribution in [0.4, 0.5) is 11.6 Å². The van der Waals surface area contributed by atoms with Gasteiger partial charge in [0, 0.05) is 75.5 Å². The third-order valence-electron chi connectivity index (χ3n) is 6.37. The van der Waals surface area contributed by atoms with E-state index in [0.717, 1.165) is 43.9 Å². The maximum absolute atomic E-state index is 12.7. The number of hydrogen-bond donors (Lipinski definition) is 2. The molecule has 0 bridgehead atoms. The van der Waals surface area contributed by atoms with E-state index in [2.05, 4.69) is 44.4 Å². The van der Waals surface area contributed by atoms with Gasteiger partial charge in [0.2, 0.25) is 5.95 Å². The molecule has 8 nitrogen and oxygen atoms in total. The van der Waals surface area contributed by atoms with Crippen LogP contribution in [0.5, 0.6) is 0 Å². The van der Waals surface area contributed by atoms with Crippen molar-refractivity contribution in [1.82, 2.24) is 19.9 Å². The third-order valence-corrected chi connectivity index (χ3v) is 6.37. The lowest BCUT2D eigenvalue weighted by atomic mass is 10.0. The molecule has 3 aromatic rings. The number of hydrogen-bond acceptors (Lipinski definition) is 7. The van der Waals surface area contributed by atoms with E-state index in [1.807, 2.05) is 12.1 Å². The second-order valence-electron chi connectivity index (χ2n) is 8.51. The topological polar surface area (TPSA) is 86.5 Å². The lowest BCUT2D eigenvalue weighted by Crippen LogP contribution is -2.47. The van der Waals surface area contributed by atoms with E-state index in [4.69, 9.17) is 4.98 Å². The third kappa shape index (κ3) is 4.11. The second-order valence-corrected chi connectivity index (χ2v) is 8.51. The molecular weight excluding hydrogens is 404 g/mol. The number of rotatable bonds is 4. The number of aliphatic hydroxyl groups is 1. The number of benzene rings is 1. The SMILES string of the molecule is Cn1c(N2CCN[C@@H](c3ccc(N4CCC(O)C4)cc3)C2)nc(-c2ccncc2)cc1=O. The summed E-state index contributed by atoms with van der Waals surface area (Å²) < 4.78 is 1.62. The van der Waals surface area contributed by atoms with Crippen LogP contribution < -0.4 is 20.7 Å². The van der Waals surface area contributed by atoms with Crippen LogP contribution in [0.1, 0.15) is 18.0 Å². The minimum Gasteiger partial charge on any atom is -0.391 e. The van der Waals surface area contributed by atoms with Crippen molar-refractivity contribution in [2.24, 2.45) is 7.05 Å². The van der Waals surface area contributed by atoms with E-state index >= 15 is 0 Å². The van der Waals surface area contributed by atoms with Gasteiger partial charge in [0.1, 0.15) is 0 Å². The Bertz CT molecular complexity index is 1130. The maximum Gasteiger partial charge on any atom is 0.255 e. The summed E-state index contributed by atoms with van der Waals surface area (Å²) in [5.74, 6) is 0.679. The molecule has 0 aliphatic carbocycles. The van der Waals surface area contributed by atoms with Crippen molar-refractivity contribution in [3.63, 3.8) is 0 Å². The molecule has 0 radical (unpaired) electrons. The zero-order chi connectivity index (χ0) is 22.1. The molecule has 2 N–H and O–H groups in total.